The van der Waals surface area contributed by atoms with E-state index in [9.17, 15) is 0 Å². The highest BCUT2D eigenvalue weighted by Crippen LogP contribution is 2.45. The van der Waals surface area contributed by atoms with Crippen LogP contribution in [0.5, 0.6) is 0 Å². The molecule has 312 valence electrons. The summed E-state index contributed by atoms with van der Waals surface area (Å²) in [6, 6.07) is 79.1. The van der Waals surface area contributed by atoms with Crippen molar-refractivity contribution in [2.75, 3.05) is 0 Å². The van der Waals surface area contributed by atoms with Gasteiger partial charge in [-0.3, -0.25) is 0 Å². The van der Waals surface area contributed by atoms with E-state index < -0.39 is 0 Å². The molecule has 0 nitrogen and oxygen atoms in total. The lowest BCUT2D eigenvalue weighted by molar-refractivity contribution is 0.991. The van der Waals surface area contributed by atoms with E-state index in [2.05, 4.69) is 243 Å². The molecule has 1 aliphatic rings. The molecule has 0 amide bonds. The molecule has 0 aromatic heterocycles. The molecule has 9 aromatic rings. The lowest BCUT2D eigenvalue weighted by Crippen LogP contribution is -2.02. The first-order valence-corrected chi connectivity index (χ1v) is 23.0. The van der Waals surface area contributed by atoms with Gasteiger partial charge in [0, 0.05) is 0 Å². The minimum Gasteiger partial charge on any atom is -0.0836 e. The summed E-state index contributed by atoms with van der Waals surface area (Å²) in [5.74, 6) is 0. The Hall–Kier alpha value is -7.54. The smallest absolute Gasteiger partial charge is 0.00295 e. The molecular formula is C64H56. The normalized spacial score (nSPS) is 11.2. The Balaban J connectivity index is 0.00000136. The molecule has 1 aliphatic carbocycles. The fraction of sp³-hybridized carbons (Fsp3) is 0.0938. The molecule has 0 atom stereocenters. The zero-order valence-electron chi connectivity index (χ0n) is 37.5. The van der Waals surface area contributed by atoms with Crippen molar-refractivity contribution in [1.82, 2.24) is 0 Å². The predicted octanol–water partition coefficient (Wildman–Crippen LogP) is 18.0. The third kappa shape index (κ3) is 9.43. The number of hydrogen-bond donors (Lipinski definition) is 0. The average molecular weight is 825 g/mol. The van der Waals surface area contributed by atoms with Crippen molar-refractivity contribution in [3.05, 3.63) is 269 Å². The van der Waals surface area contributed by atoms with Gasteiger partial charge in [-0.05, 0) is 137 Å². The average Bonchev–Trinajstić information content (AvgIpc) is 3.39. The number of hydrogen-bond acceptors (Lipinski definition) is 0. The van der Waals surface area contributed by atoms with E-state index in [1.165, 1.54) is 99.8 Å². The summed E-state index contributed by atoms with van der Waals surface area (Å²) in [5, 5.41) is 2.58. The molecule has 0 saturated carbocycles. The molecule has 0 heterocycles. The van der Waals surface area contributed by atoms with Crippen molar-refractivity contribution in [2.24, 2.45) is 0 Å². The van der Waals surface area contributed by atoms with Gasteiger partial charge >= 0.3 is 0 Å². The highest BCUT2D eigenvalue weighted by atomic mass is 14.3. The molecule has 64 heavy (non-hydrogen) atoms. The van der Waals surface area contributed by atoms with Crippen LogP contribution in [0.15, 0.2) is 224 Å². The lowest BCUT2D eigenvalue weighted by Gasteiger charge is -2.24. The van der Waals surface area contributed by atoms with Crippen molar-refractivity contribution in [1.29, 1.82) is 0 Å². The topological polar surface area (TPSA) is 0 Å². The lowest BCUT2D eigenvalue weighted by atomic mass is 9.80. The first-order valence-electron chi connectivity index (χ1n) is 23.0. The zero-order chi connectivity index (χ0) is 44.1. The second-order valence-corrected chi connectivity index (χ2v) is 15.5. The van der Waals surface area contributed by atoms with Crippen LogP contribution < -0.4 is 0 Å². The summed E-state index contributed by atoms with van der Waals surface area (Å²) in [7, 11) is 0. The Kier molecular flexibility index (Phi) is 14.2. The third-order valence-corrected chi connectivity index (χ3v) is 11.7. The molecule has 10 rings (SSSR count). The molecule has 0 N–H and O–H groups in total. The number of benzene rings is 9. The van der Waals surface area contributed by atoms with Crippen LogP contribution in [0.1, 0.15) is 78.6 Å². The molecule has 0 heteroatoms. The van der Waals surface area contributed by atoms with Gasteiger partial charge in [-0.2, -0.15) is 0 Å². The number of fused-ring (bicyclic) bond motifs is 2. The van der Waals surface area contributed by atoms with Crippen LogP contribution in [0.2, 0.25) is 0 Å². The third-order valence-electron chi connectivity index (χ3n) is 11.7. The van der Waals surface area contributed by atoms with Gasteiger partial charge in [0.05, 0.1) is 0 Å². The monoisotopic (exact) mass is 824 g/mol. The van der Waals surface area contributed by atoms with Crippen LogP contribution in [-0.4, -0.2) is 0 Å². The van der Waals surface area contributed by atoms with Gasteiger partial charge in [-0.1, -0.05) is 246 Å². The van der Waals surface area contributed by atoms with Crippen molar-refractivity contribution in [3.63, 3.8) is 0 Å². The molecule has 0 spiro atoms. The fourth-order valence-corrected chi connectivity index (χ4v) is 8.92. The van der Waals surface area contributed by atoms with Crippen molar-refractivity contribution in [3.8, 4) is 33.4 Å². The van der Waals surface area contributed by atoms with Gasteiger partial charge < -0.3 is 0 Å². The van der Waals surface area contributed by atoms with E-state index in [4.69, 9.17) is 0 Å². The molecule has 0 bridgehead atoms. The maximum absolute atomic E-state index is 2.37. The SMILES string of the molecule is C1=Cc2c(c(-c3ccc(-c4cccc(C=C(c5ccccc5)c5ccccc5)c4)cc3)c3ccccc3c2-c2cccc(C=C(c3ccccc3)c3ccccc3)c2)CC1.CC.CC. The van der Waals surface area contributed by atoms with E-state index in [-0.39, 0.29) is 0 Å². The highest BCUT2D eigenvalue weighted by Gasteiger charge is 2.22. The van der Waals surface area contributed by atoms with Gasteiger partial charge in [0.15, 0.2) is 0 Å². The highest BCUT2D eigenvalue weighted by molar-refractivity contribution is 6.10. The summed E-state index contributed by atoms with van der Waals surface area (Å²) in [4.78, 5) is 0. The summed E-state index contributed by atoms with van der Waals surface area (Å²) in [5.41, 5.74) is 19.9. The van der Waals surface area contributed by atoms with Crippen molar-refractivity contribution >= 4 is 40.1 Å². The number of rotatable bonds is 9. The largest absolute Gasteiger partial charge is 0.0836 e. The molecule has 0 unspecified atom stereocenters. The van der Waals surface area contributed by atoms with E-state index >= 15 is 0 Å². The molecule has 0 saturated heterocycles. The number of allylic oxidation sites excluding steroid dienone is 1. The van der Waals surface area contributed by atoms with E-state index in [1.807, 2.05) is 27.7 Å². The quantitative estimate of drug-likeness (QED) is 0.127. The van der Waals surface area contributed by atoms with Gasteiger partial charge in [0.25, 0.3) is 0 Å². The Morgan fingerprint density at radius 3 is 1.25 bits per heavy atom. The second kappa shape index (κ2) is 21.0. The van der Waals surface area contributed by atoms with Crippen molar-refractivity contribution in [2.45, 2.75) is 40.5 Å². The maximum Gasteiger partial charge on any atom is -0.00295 e. The summed E-state index contributed by atoms with van der Waals surface area (Å²) in [6.45, 7) is 8.00. The first-order chi connectivity index (χ1) is 31.8. The van der Waals surface area contributed by atoms with Gasteiger partial charge in [-0.15, -0.1) is 0 Å². The van der Waals surface area contributed by atoms with Gasteiger partial charge in [0.2, 0.25) is 0 Å². The van der Waals surface area contributed by atoms with Crippen molar-refractivity contribution < 1.29 is 0 Å². The summed E-state index contributed by atoms with van der Waals surface area (Å²) in [6.07, 6.45) is 11.4. The molecule has 0 fully saturated rings. The van der Waals surface area contributed by atoms with Crippen LogP contribution in [0.4, 0.5) is 0 Å². The van der Waals surface area contributed by atoms with E-state index in [0.29, 0.717) is 0 Å². The fourth-order valence-electron chi connectivity index (χ4n) is 8.92. The molecule has 9 aromatic carbocycles. The van der Waals surface area contributed by atoms with Gasteiger partial charge in [0.1, 0.15) is 0 Å². The second-order valence-electron chi connectivity index (χ2n) is 15.5. The minimum absolute atomic E-state index is 1.01. The van der Waals surface area contributed by atoms with Crippen LogP contribution in [0.25, 0.3) is 73.5 Å². The molecular weight excluding hydrogens is 769 g/mol. The maximum atomic E-state index is 2.37. The Morgan fingerprint density at radius 2 is 0.766 bits per heavy atom. The van der Waals surface area contributed by atoms with Crippen LogP contribution >= 0.6 is 0 Å². The Bertz CT molecular complexity index is 2940. The predicted molar refractivity (Wildman–Crippen MR) is 280 cm³/mol. The molecule has 0 aliphatic heterocycles. The minimum atomic E-state index is 1.01. The van der Waals surface area contributed by atoms with E-state index in [1.54, 1.807) is 0 Å². The summed E-state index contributed by atoms with van der Waals surface area (Å²) < 4.78 is 0. The zero-order valence-corrected chi connectivity index (χ0v) is 37.5. The van der Waals surface area contributed by atoms with Crippen LogP contribution in [-0.2, 0) is 6.42 Å². The Morgan fingerprint density at radius 1 is 0.359 bits per heavy atom. The first kappa shape index (κ1) is 43.1. The molecule has 0 radical (unpaired) electrons. The summed E-state index contributed by atoms with van der Waals surface area (Å²) >= 11 is 0. The van der Waals surface area contributed by atoms with Gasteiger partial charge in [-0.25, -0.2) is 0 Å². The van der Waals surface area contributed by atoms with Crippen LogP contribution in [0, 0.1) is 0 Å². The van der Waals surface area contributed by atoms with E-state index in [0.717, 1.165) is 12.8 Å². The standard InChI is InChI=1S/C60H44.2C2H6/c1-5-21-46(22-6-1)57(47-23-7-2-8-24-47)41-43-19-17-29-51(39-43)45-35-37-50(38-36-45)59-53-31-13-15-33-55(53)60(56-34-16-14-32-54(56)59)52-30-18-20-44(40-52)42-58(48-25-9-3-10-26-48)49-27-11-4-12-28-49;2*1-2/h1-13,15-31,33-42H,14,32H2;2*1-2H3. The van der Waals surface area contributed by atoms with Crippen LogP contribution in [0.3, 0.4) is 0 Å². The Labute approximate surface area is 381 Å².